The van der Waals surface area contributed by atoms with Crippen LogP contribution in [0.15, 0.2) is 48.5 Å². The first-order chi connectivity index (χ1) is 16.5. The van der Waals surface area contributed by atoms with Crippen LogP contribution in [-0.4, -0.2) is 66.4 Å². The molecule has 0 bridgehead atoms. The lowest BCUT2D eigenvalue weighted by atomic mass is 9.98. The molecule has 3 fully saturated rings. The first-order valence-corrected chi connectivity index (χ1v) is 11.8. The summed E-state index contributed by atoms with van der Waals surface area (Å²) < 4.78 is 11.3. The van der Waals surface area contributed by atoms with Crippen molar-refractivity contribution in [2.24, 2.45) is 17.8 Å². The van der Waals surface area contributed by atoms with Gasteiger partial charge in [0.15, 0.2) is 6.10 Å². The molecule has 2 aromatic carbocycles. The summed E-state index contributed by atoms with van der Waals surface area (Å²) in [5.41, 5.74) is 4.61. The third kappa shape index (κ3) is 3.44. The van der Waals surface area contributed by atoms with E-state index in [-0.39, 0.29) is 36.2 Å². The van der Waals surface area contributed by atoms with E-state index in [1.807, 2.05) is 24.3 Å². The molecule has 0 aromatic heterocycles. The average Bonchev–Trinajstić information content (AvgIpc) is 3.19. The maximum atomic E-state index is 13.0. The fourth-order valence-corrected chi connectivity index (χ4v) is 6.02. The number of fused-ring (bicyclic) bond motifs is 4. The smallest absolute Gasteiger partial charge is 0.407 e. The van der Waals surface area contributed by atoms with E-state index in [0.29, 0.717) is 26.1 Å². The maximum Gasteiger partial charge on any atom is 0.407 e. The summed E-state index contributed by atoms with van der Waals surface area (Å²) in [5, 5.41) is 12.0. The zero-order valence-electron chi connectivity index (χ0n) is 18.6. The standard InChI is InChI=1S/C26H26N2O6/c29-24(28-11-18-19(12-28)22(18)25(30)31)23-21(9-10-33-23)27-26(32)34-13-20-16-7-3-1-5-14(16)15-6-2-4-8-17(15)20/h1-8,18-23H,9-13H2,(H,27,32)(H,30,31)/t18-,19+,21?,22?,23?. The molecule has 2 heterocycles. The molecule has 2 N–H and O–H groups in total. The number of hydrogen-bond donors (Lipinski definition) is 2. The maximum absolute atomic E-state index is 13.0. The second-order valence-corrected chi connectivity index (χ2v) is 9.59. The number of carbonyl (C=O) groups excluding carboxylic acids is 2. The summed E-state index contributed by atoms with van der Waals surface area (Å²) in [7, 11) is 0. The number of carbonyl (C=O) groups is 3. The average molecular weight is 463 g/mol. The van der Waals surface area contributed by atoms with Gasteiger partial charge in [0.1, 0.15) is 6.61 Å². The summed E-state index contributed by atoms with van der Waals surface area (Å²) in [6, 6.07) is 15.8. The van der Waals surface area contributed by atoms with E-state index in [1.54, 1.807) is 4.90 Å². The van der Waals surface area contributed by atoms with Crippen molar-refractivity contribution < 1.29 is 29.0 Å². The van der Waals surface area contributed by atoms with Crippen molar-refractivity contribution in [3.05, 3.63) is 59.7 Å². The highest BCUT2D eigenvalue weighted by Crippen LogP contribution is 2.52. The quantitative estimate of drug-likeness (QED) is 0.707. The molecule has 8 nitrogen and oxygen atoms in total. The number of rotatable bonds is 5. The molecule has 8 heteroatoms. The molecule has 6 rings (SSSR count). The van der Waals surface area contributed by atoms with Gasteiger partial charge >= 0.3 is 12.1 Å². The number of amides is 2. The Morgan fingerprint density at radius 3 is 2.24 bits per heavy atom. The fraction of sp³-hybridized carbons (Fsp3) is 0.423. The molecule has 2 saturated heterocycles. The first-order valence-electron chi connectivity index (χ1n) is 11.8. The van der Waals surface area contributed by atoms with Crippen LogP contribution >= 0.6 is 0 Å². The van der Waals surface area contributed by atoms with Gasteiger partial charge in [-0.15, -0.1) is 0 Å². The van der Waals surface area contributed by atoms with Crippen LogP contribution in [0.25, 0.3) is 11.1 Å². The molecule has 5 atom stereocenters. The van der Waals surface area contributed by atoms with Gasteiger partial charge in [-0.3, -0.25) is 9.59 Å². The summed E-state index contributed by atoms with van der Waals surface area (Å²) >= 11 is 0. The summed E-state index contributed by atoms with van der Waals surface area (Å²) in [4.78, 5) is 38.5. The van der Waals surface area contributed by atoms with Crippen LogP contribution in [-0.2, 0) is 19.1 Å². The lowest BCUT2D eigenvalue weighted by Gasteiger charge is -2.26. The number of alkyl carbamates (subject to hydrolysis) is 1. The van der Waals surface area contributed by atoms with Crippen LogP contribution in [0.4, 0.5) is 4.79 Å². The number of carboxylic acid groups (broad SMARTS) is 1. The molecule has 34 heavy (non-hydrogen) atoms. The number of nitrogens with one attached hydrogen (secondary N) is 1. The molecule has 2 amide bonds. The van der Waals surface area contributed by atoms with Crippen molar-refractivity contribution in [2.75, 3.05) is 26.3 Å². The Balaban J connectivity index is 1.06. The van der Waals surface area contributed by atoms with Crippen LogP contribution < -0.4 is 5.32 Å². The minimum atomic E-state index is -0.783. The van der Waals surface area contributed by atoms with E-state index in [1.165, 1.54) is 0 Å². The van der Waals surface area contributed by atoms with Gasteiger partial charge in [-0.2, -0.15) is 0 Å². The number of carboxylic acids is 1. The molecule has 2 aliphatic carbocycles. The normalized spacial score (nSPS) is 28.7. The Labute approximate surface area is 196 Å². The van der Waals surface area contributed by atoms with E-state index >= 15 is 0 Å². The molecule has 2 aliphatic heterocycles. The van der Waals surface area contributed by atoms with Crippen LogP contribution in [0.2, 0.25) is 0 Å². The number of hydrogen-bond acceptors (Lipinski definition) is 5. The van der Waals surface area contributed by atoms with Crippen molar-refractivity contribution >= 4 is 18.0 Å². The second-order valence-electron chi connectivity index (χ2n) is 9.59. The zero-order valence-corrected chi connectivity index (χ0v) is 18.6. The number of nitrogens with zero attached hydrogens (tertiary/aromatic N) is 1. The molecular weight excluding hydrogens is 436 g/mol. The van der Waals surface area contributed by atoms with Gasteiger partial charge in [0, 0.05) is 25.6 Å². The highest BCUT2D eigenvalue weighted by molar-refractivity contribution is 5.84. The van der Waals surface area contributed by atoms with Gasteiger partial charge < -0.3 is 24.8 Å². The topological polar surface area (TPSA) is 105 Å². The highest BCUT2D eigenvalue weighted by atomic mass is 16.6. The van der Waals surface area contributed by atoms with E-state index in [0.717, 1.165) is 22.3 Å². The van der Waals surface area contributed by atoms with Crippen LogP contribution in [0.3, 0.4) is 0 Å². The zero-order chi connectivity index (χ0) is 23.4. The minimum Gasteiger partial charge on any atom is -0.481 e. The predicted octanol–water partition coefficient (Wildman–Crippen LogP) is 2.47. The lowest BCUT2D eigenvalue weighted by Crippen LogP contribution is -2.50. The predicted molar refractivity (Wildman–Crippen MR) is 121 cm³/mol. The van der Waals surface area contributed by atoms with Crippen molar-refractivity contribution in [3.63, 3.8) is 0 Å². The van der Waals surface area contributed by atoms with Gasteiger partial charge in [0.2, 0.25) is 0 Å². The summed E-state index contributed by atoms with van der Waals surface area (Å²) in [6.07, 6.45) is -0.800. The SMILES string of the molecule is O=C(NC1CCOC1C(=O)N1C[C@@H]2C(C(=O)O)[C@@H]2C1)OCC1c2ccccc2-c2ccccc21. The monoisotopic (exact) mass is 462 g/mol. The largest absolute Gasteiger partial charge is 0.481 e. The molecule has 1 saturated carbocycles. The Morgan fingerprint density at radius 1 is 1.00 bits per heavy atom. The molecular formula is C26H26N2O6. The Kier molecular flexibility index (Phi) is 5.06. The minimum absolute atomic E-state index is 0.0334. The van der Waals surface area contributed by atoms with Crippen LogP contribution in [0, 0.1) is 17.8 Å². The number of ether oxygens (including phenoxy) is 2. The first kappa shape index (κ1) is 21.2. The van der Waals surface area contributed by atoms with Gasteiger partial charge in [-0.25, -0.2) is 4.79 Å². The van der Waals surface area contributed by atoms with Crippen LogP contribution in [0.5, 0.6) is 0 Å². The molecule has 3 unspecified atom stereocenters. The summed E-state index contributed by atoms with van der Waals surface area (Å²) in [5.74, 6) is -1.25. The Hall–Kier alpha value is -3.39. The molecule has 0 spiro atoms. The number of piperidine rings is 1. The number of aliphatic carboxylic acids is 1. The molecule has 4 aliphatic rings. The van der Waals surface area contributed by atoms with Crippen molar-refractivity contribution in [1.29, 1.82) is 0 Å². The Morgan fingerprint density at radius 2 is 1.62 bits per heavy atom. The van der Waals surface area contributed by atoms with Gasteiger partial charge in [0.25, 0.3) is 5.91 Å². The Bertz CT molecular complexity index is 1110. The van der Waals surface area contributed by atoms with E-state index in [9.17, 15) is 19.5 Å². The summed E-state index contributed by atoms with van der Waals surface area (Å²) in [6.45, 7) is 1.47. The van der Waals surface area contributed by atoms with Gasteiger partial charge in [-0.1, -0.05) is 48.5 Å². The van der Waals surface area contributed by atoms with Gasteiger partial charge in [-0.05, 0) is 40.5 Å². The second kappa shape index (κ2) is 8.13. The molecule has 2 aromatic rings. The number of likely N-dealkylation sites (tertiary alicyclic amines) is 1. The van der Waals surface area contributed by atoms with E-state index in [2.05, 4.69) is 29.6 Å². The molecule has 0 radical (unpaired) electrons. The van der Waals surface area contributed by atoms with Crippen molar-refractivity contribution in [3.8, 4) is 11.1 Å². The lowest BCUT2D eigenvalue weighted by molar-refractivity contribution is -0.144. The van der Waals surface area contributed by atoms with Crippen molar-refractivity contribution in [2.45, 2.75) is 24.5 Å². The van der Waals surface area contributed by atoms with Gasteiger partial charge in [0.05, 0.1) is 12.0 Å². The number of benzene rings is 2. The van der Waals surface area contributed by atoms with Crippen LogP contribution in [0.1, 0.15) is 23.5 Å². The molecule has 176 valence electrons. The fourth-order valence-electron chi connectivity index (χ4n) is 6.02. The third-order valence-corrected chi connectivity index (χ3v) is 7.77. The van der Waals surface area contributed by atoms with Crippen molar-refractivity contribution in [1.82, 2.24) is 10.2 Å². The van der Waals surface area contributed by atoms with E-state index in [4.69, 9.17) is 9.47 Å². The highest BCUT2D eigenvalue weighted by Gasteiger charge is 2.61. The third-order valence-electron chi connectivity index (χ3n) is 7.77. The van der Waals surface area contributed by atoms with E-state index < -0.39 is 24.2 Å².